The van der Waals surface area contributed by atoms with Crippen molar-refractivity contribution >= 4 is 33.2 Å². The lowest BCUT2D eigenvalue weighted by Crippen LogP contribution is -2.23. The summed E-state index contributed by atoms with van der Waals surface area (Å²) in [6.07, 6.45) is 0. The summed E-state index contributed by atoms with van der Waals surface area (Å²) in [5.41, 5.74) is 0.765. The average Bonchev–Trinajstić information content (AvgIpc) is 2.77. The van der Waals surface area contributed by atoms with Gasteiger partial charge in [-0.2, -0.15) is 8.78 Å². The van der Waals surface area contributed by atoms with Crippen molar-refractivity contribution < 1.29 is 31.5 Å². The SMILES string of the molecule is COc1ccc(Cl)cc1NS(=O)(=O)c1cccc(C(=O)NCc2cccc(OC(F)F)c2)c1. The average molecular weight is 497 g/mol. The molecule has 2 N–H and O–H groups in total. The molecular weight excluding hydrogens is 478 g/mol. The van der Waals surface area contributed by atoms with Gasteiger partial charge >= 0.3 is 6.61 Å². The number of rotatable bonds is 9. The molecule has 0 atom stereocenters. The number of benzene rings is 3. The van der Waals surface area contributed by atoms with Crippen LogP contribution in [-0.2, 0) is 16.6 Å². The Balaban J connectivity index is 1.74. The van der Waals surface area contributed by atoms with Crippen molar-refractivity contribution in [3.63, 3.8) is 0 Å². The molecule has 0 radical (unpaired) electrons. The third-order valence-electron chi connectivity index (χ3n) is 4.39. The molecule has 174 valence electrons. The lowest BCUT2D eigenvalue weighted by Gasteiger charge is -2.13. The van der Waals surface area contributed by atoms with Crippen LogP contribution in [0.5, 0.6) is 11.5 Å². The number of carbonyl (C=O) groups is 1. The number of anilines is 1. The molecule has 0 bridgehead atoms. The Morgan fingerprint density at radius 2 is 1.82 bits per heavy atom. The van der Waals surface area contributed by atoms with Gasteiger partial charge in [0.1, 0.15) is 11.5 Å². The molecule has 0 spiro atoms. The van der Waals surface area contributed by atoms with Gasteiger partial charge in [0, 0.05) is 17.1 Å². The summed E-state index contributed by atoms with van der Waals surface area (Å²) in [7, 11) is -2.67. The Labute approximate surface area is 194 Å². The van der Waals surface area contributed by atoms with Crippen LogP contribution in [0.4, 0.5) is 14.5 Å². The van der Waals surface area contributed by atoms with E-state index >= 15 is 0 Å². The molecule has 0 aliphatic heterocycles. The van der Waals surface area contributed by atoms with Gasteiger partial charge in [0.2, 0.25) is 0 Å². The molecule has 0 saturated carbocycles. The smallest absolute Gasteiger partial charge is 0.387 e. The number of amides is 1. The topological polar surface area (TPSA) is 93.7 Å². The maximum Gasteiger partial charge on any atom is 0.387 e. The number of carbonyl (C=O) groups excluding carboxylic acids is 1. The quantitative estimate of drug-likeness (QED) is 0.448. The van der Waals surface area contributed by atoms with Gasteiger partial charge in [-0.15, -0.1) is 0 Å². The lowest BCUT2D eigenvalue weighted by molar-refractivity contribution is -0.0498. The van der Waals surface area contributed by atoms with Gasteiger partial charge in [0.15, 0.2) is 0 Å². The minimum absolute atomic E-state index is 0.0220. The van der Waals surface area contributed by atoms with E-state index in [2.05, 4.69) is 14.8 Å². The first-order chi connectivity index (χ1) is 15.7. The number of alkyl halides is 2. The van der Waals surface area contributed by atoms with Gasteiger partial charge in [-0.05, 0) is 54.1 Å². The van der Waals surface area contributed by atoms with Crippen LogP contribution in [-0.4, -0.2) is 28.0 Å². The highest BCUT2D eigenvalue weighted by Crippen LogP contribution is 2.30. The Hall–Kier alpha value is -3.37. The first-order valence-electron chi connectivity index (χ1n) is 9.46. The fraction of sp³-hybridized carbons (Fsp3) is 0.136. The Morgan fingerprint density at radius 1 is 1.06 bits per heavy atom. The van der Waals surface area contributed by atoms with Crippen LogP contribution in [0.1, 0.15) is 15.9 Å². The second-order valence-electron chi connectivity index (χ2n) is 6.69. The monoisotopic (exact) mass is 496 g/mol. The van der Waals surface area contributed by atoms with E-state index < -0.39 is 22.5 Å². The van der Waals surface area contributed by atoms with Crippen molar-refractivity contribution in [2.24, 2.45) is 0 Å². The fourth-order valence-electron chi connectivity index (χ4n) is 2.88. The van der Waals surface area contributed by atoms with Crippen LogP contribution in [0.3, 0.4) is 0 Å². The molecule has 0 saturated heterocycles. The van der Waals surface area contributed by atoms with Gasteiger partial charge in [-0.25, -0.2) is 8.42 Å². The molecule has 11 heteroatoms. The molecule has 1 amide bonds. The summed E-state index contributed by atoms with van der Waals surface area (Å²) in [4.78, 5) is 12.4. The van der Waals surface area contributed by atoms with Crippen LogP contribution in [0.2, 0.25) is 5.02 Å². The molecule has 0 fully saturated rings. The van der Waals surface area contributed by atoms with Crippen LogP contribution < -0.4 is 19.5 Å². The number of hydrogen-bond donors (Lipinski definition) is 2. The first kappa shape index (κ1) is 24.3. The highest BCUT2D eigenvalue weighted by Gasteiger charge is 2.19. The largest absolute Gasteiger partial charge is 0.495 e. The molecule has 0 aliphatic carbocycles. The number of nitrogens with one attached hydrogen (secondary N) is 2. The Bertz CT molecular complexity index is 1260. The number of methoxy groups -OCH3 is 1. The molecule has 3 rings (SSSR count). The van der Waals surface area contributed by atoms with Gasteiger partial charge in [-0.3, -0.25) is 9.52 Å². The van der Waals surface area contributed by atoms with Gasteiger partial charge in [-0.1, -0.05) is 29.8 Å². The van der Waals surface area contributed by atoms with E-state index in [9.17, 15) is 22.0 Å². The van der Waals surface area contributed by atoms with Crippen LogP contribution >= 0.6 is 11.6 Å². The van der Waals surface area contributed by atoms with Crippen molar-refractivity contribution in [3.8, 4) is 11.5 Å². The Morgan fingerprint density at radius 3 is 2.55 bits per heavy atom. The van der Waals surface area contributed by atoms with E-state index in [1.54, 1.807) is 12.1 Å². The van der Waals surface area contributed by atoms with Gasteiger partial charge in [0.05, 0.1) is 17.7 Å². The number of hydrogen-bond acceptors (Lipinski definition) is 5. The lowest BCUT2D eigenvalue weighted by atomic mass is 10.2. The van der Waals surface area contributed by atoms with E-state index in [4.69, 9.17) is 16.3 Å². The van der Waals surface area contributed by atoms with Gasteiger partial charge < -0.3 is 14.8 Å². The highest BCUT2D eigenvalue weighted by molar-refractivity contribution is 7.92. The second kappa shape index (κ2) is 10.5. The molecule has 0 aliphatic rings. The normalized spacial score (nSPS) is 11.2. The molecule has 7 nitrogen and oxygen atoms in total. The predicted octanol–water partition coefficient (Wildman–Crippen LogP) is 4.68. The predicted molar refractivity (Wildman–Crippen MR) is 119 cm³/mol. The summed E-state index contributed by atoms with van der Waals surface area (Å²) in [6.45, 7) is -2.94. The van der Waals surface area contributed by atoms with E-state index in [0.717, 1.165) is 0 Å². The number of ether oxygens (including phenoxy) is 2. The van der Waals surface area contributed by atoms with Crippen LogP contribution in [0.25, 0.3) is 0 Å². The minimum atomic E-state index is -4.06. The summed E-state index contributed by atoms with van der Waals surface area (Å²) in [6, 6.07) is 15.8. The third kappa shape index (κ3) is 6.56. The van der Waals surface area contributed by atoms with Crippen molar-refractivity contribution in [1.82, 2.24) is 5.32 Å². The van der Waals surface area contributed by atoms with E-state index in [1.165, 1.54) is 61.7 Å². The fourth-order valence-corrected chi connectivity index (χ4v) is 4.16. The maximum atomic E-state index is 12.8. The summed E-state index contributed by atoms with van der Waals surface area (Å²) < 4.78 is 62.3. The molecule has 3 aromatic carbocycles. The standard InChI is InChI=1S/C22H19ClF2N2O5S/c1-31-20-9-8-16(23)12-19(20)27-33(29,30)18-7-3-5-15(11-18)21(28)26-13-14-4-2-6-17(10-14)32-22(24)25/h2-12,22,27H,13H2,1H3,(H,26,28). The molecule has 0 aromatic heterocycles. The first-order valence-corrected chi connectivity index (χ1v) is 11.3. The molecule has 33 heavy (non-hydrogen) atoms. The molecule has 3 aromatic rings. The van der Waals surface area contributed by atoms with E-state index in [-0.39, 0.29) is 34.2 Å². The highest BCUT2D eigenvalue weighted by atomic mass is 35.5. The Kier molecular flexibility index (Phi) is 7.72. The summed E-state index contributed by atoms with van der Waals surface area (Å²) in [5, 5.41) is 2.93. The van der Waals surface area contributed by atoms with Crippen molar-refractivity contribution in [1.29, 1.82) is 0 Å². The summed E-state index contributed by atoms with van der Waals surface area (Å²) in [5.74, 6) is -0.310. The molecule has 0 heterocycles. The summed E-state index contributed by atoms with van der Waals surface area (Å²) >= 11 is 5.95. The van der Waals surface area contributed by atoms with Crippen LogP contribution in [0.15, 0.2) is 71.6 Å². The zero-order chi connectivity index (χ0) is 24.0. The van der Waals surface area contributed by atoms with E-state index in [1.807, 2.05) is 0 Å². The minimum Gasteiger partial charge on any atom is -0.495 e. The molecule has 0 unspecified atom stereocenters. The van der Waals surface area contributed by atoms with Crippen molar-refractivity contribution in [3.05, 3.63) is 82.9 Å². The maximum absolute atomic E-state index is 12.8. The zero-order valence-corrected chi connectivity index (χ0v) is 18.8. The third-order valence-corrected chi connectivity index (χ3v) is 5.99. The van der Waals surface area contributed by atoms with Crippen LogP contribution in [0, 0.1) is 0 Å². The zero-order valence-electron chi connectivity index (χ0n) is 17.2. The molecular formula is C22H19ClF2N2O5S. The number of sulfonamides is 1. The van der Waals surface area contributed by atoms with E-state index in [0.29, 0.717) is 10.6 Å². The van der Waals surface area contributed by atoms with Crippen molar-refractivity contribution in [2.75, 3.05) is 11.8 Å². The van der Waals surface area contributed by atoms with Gasteiger partial charge in [0.25, 0.3) is 15.9 Å². The van der Waals surface area contributed by atoms with Crippen molar-refractivity contribution in [2.45, 2.75) is 18.1 Å². The number of halogens is 3. The second-order valence-corrected chi connectivity index (χ2v) is 8.81.